The van der Waals surface area contributed by atoms with Gasteiger partial charge in [0.2, 0.25) is 0 Å². The van der Waals surface area contributed by atoms with Gasteiger partial charge < -0.3 is 10.2 Å². The number of aliphatic hydroxyl groups is 1. The summed E-state index contributed by atoms with van der Waals surface area (Å²) >= 11 is 0. The standard InChI is InChI=1S/C26H28N2O3/c1-18-7-8-20(11-12-26(3,17-29)25(30)31)15-22(18)10-9-21-5-4-6-23(19(21)2)24-16-27-13-14-28-24/h4-10,13-16,29H,11-12,17H2,1-3H3,(H,30,31)/b10-9+/t26-/m0/s1. The van der Waals surface area contributed by atoms with Crippen molar-refractivity contribution in [3.8, 4) is 11.3 Å². The summed E-state index contributed by atoms with van der Waals surface area (Å²) in [4.78, 5) is 20.0. The number of benzene rings is 2. The monoisotopic (exact) mass is 416 g/mol. The maximum atomic E-state index is 11.4. The Balaban J connectivity index is 1.83. The number of hydrogen-bond acceptors (Lipinski definition) is 4. The van der Waals surface area contributed by atoms with E-state index in [1.807, 2.05) is 18.2 Å². The van der Waals surface area contributed by atoms with Gasteiger partial charge in [0.25, 0.3) is 0 Å². The van der Waals surface area contributed by atoms with Crippen molar-refractivity contribution in [2.24, 2.45) is 5.41 Å². The van der Waals surface area contributed by atoms with Crippen LogP contribution in [-0.4, -0.2) is 32.8 Å². The first-order chi connectivity index (χ1) is 14.8. The summed E-state index contributed by atoms with van der Waals surface area (Å²) < 4.78 is 0. The Kier molecular flexibility index (Phi) is 6.98. The maximum Gasteiger partial charge on any atom is 0.311 e. The van der Waals surface area contributed by atoms with Gasteiger partial charge in [0.15, 0.2) is 0 Å². The largest absolute Gasteiger partial charge is 0.481 e. The average Bonchev–Trinajstić information content (AvgIpc) is 2.78. The molecule has 0 aliphatic rings. The minimum atomic E-state index is -1.13. The Morgan fingerprint density at radius 1 is 1.10 bits per heavy atom. The van der Waals surface area contributed by atoms with E-state index in [-0.39, 0.29) is 6.61 Å². The maximum absolute atomic E-state index is 11.4. The van der Waals surface area contributed by atoms with Gasteiger partial charge in [-0.1, -0.05) is 48.6 Å². The SMILES string of the molecule is Cc1ccc(CC[C@@](C)(CO)C(=O)O)cc1/C=C/c1cccc(-c2cnccn2)c1C. The predicted octanol–water partition coefficient (Wildman–Crippen LogP) is 4.95. The topological polar surface area (TPSA) is 83.3 Å². The highest BCUT2D eigenvalue weighted by Gasteiger charge is 2.31. The van der Waals surface area contributed by atoms with E-state index >= 15 is 0 Å². The molecule has 2 N–H and O–H groups in total. The number of hydrogen-bond donors (Lipinski definition) is 2. The molecule has 0 fully saturated rings. The van der Waals surface area contributed by atoms with Gasteiger partial charge in [-0.25, -0.2) is 0 Å². The molecule has 0 unspecified atom stereocenters. The molecule has 0 spiro atoms. The highest BCUT2D eigenvalue weighted by molar-refractivity contribution is 5.77. The lowest BCUT2D eigenvalue weighted by Gasteiger charge is -2.21. The Bertz CT molecular complexity index is 1090. The Labute approximate surface area is 183 Å². The van der Waals surface area contributed by atoms with Crippen molar-refractivity contribution in [3.05, 3.63) is 82.8 Å². The van der Waals surface area contributed by atoms with Crippen molar-refractivity contribution in [2.75, 3.05) is 6.61 Å². The minimum absolute atomic E-state index is 0.373. The second kappa shape index (κ2) is 9.67. The smallest absolute Gasteiger partial charge is 0.311 e. The van der Waals surface area contributed by atoms with Crippen molar-refractivity contribution in [1.29, 1.82) is 0 Å². The molecule has 0 saturated carbocycles. The lowest BCUT2D eigenvalue weighted by Crippen LogP contribution is -2.32. The first-order valence-electron chi connectivity index (χ1n) is 10.3. The molecule has 1 heterocycles. The van der Waals surface area contributed by atoms with Gasteiger partial charge in [-0.2, -0.15) is 0 Å². The molecule has 0 bridgehead atoms. The van der Waals surface area contributed by atoms with E-state index in [0.29, 0.717) is 12.8 Å². The molecule has 1 atom stereocenters. The third kappa shape index (κ3) is 5.25. The third-order valence-electron chi connectivity index (χ3n) is 5.83. The van der Waals surface area contributed by atoms with Crippen LogP contribution in [0.15, 0.2) is 55.0 Å². The lowest BCUT2D eigenvalue weighted by molar-refractivity contribution is -0.150. The number of rotatable bonds is 8. The Morgan fingerprint density at radius 3 is 2.55 bits per heavy atom. The fourth-order valence-electron chi connectivity index (χ4n) is 3.43. The number of aromatic nitrogens is 2. The first kappa shape index (κ1) is 22.4. The molecule has 0 amide bonds. The molecule has 31 heavy (non-hydrogen) atoms. The van der Waals surface area contributed by atoms with Crippen LogP contribution in [0.1, 0.15) is 41.2 Å². The fourth-order valence-corrected chi connectivity index (χ4v) is 3.43. The lowest BCUT2D eigenvalue weighted by atomic mass is 9.84. The summed E-state index contributed by atoms with van der Waals surface area (Å²) in [5.74, 6) is -0.972. The van der Waals surface area contributed by atoms with Crippen LogP contribution in [0.25, 0.3) is 23.4 Å². The van der Waals surface area contributed by atoms with E-state index in [0.717, 1.165) is 39.1 Å². The molecule has 160 valence electrons. The highest BCUT2D eigenvalue weighted by atomic mass is 16.4. The van der Waals surface area contributed by atoms with Crippen LogP contribution in [0, 0.1) is 19.3 Å². The van der Waals surface area contributed by atoms with Crippen molar-refractivity contribution in [1.82, 2.24) is 9.97 Å². The van der Waals surface area contributed by atoms with Crippen molar-refractivity contribution in [2.45, 2.75) is 33.6 Å². The van der Waals surface area contributed by atoms with Crippen LogP contribution in [0.5, 0.6) is 0 Å². The molecule has 3 rings (SSSR count). The molecule has 3 aromatic rings. The van der Waals surface area contributed by atoms with Gasteiger partial charge in [0, 0.05) is 18.0 Å². The predicted molar refractivity (Wildman–Crippen MR) is 123 cm³/mol. The number of aliphatic carboxylic acids is 1. The van der Waals surface area contributed by atoms with Gasteiger partial charge in [0.1, 0.15) is 0 Å². The molecule has 0 aliphatic carbocycles. The van der Waals surface area contributed by atoms with Crippen LogP contribution in [0.4, 0.5) is 0 Å². The van der Waals surface area contributed by atoms with E-state index in [1.165, 1.54) is 0 Å². The quantitative estimate of drug-likeness (QED) is 0.508. The number of carboxylic acids is 1. The molecule has 0 aliphatic heterocycles. The number of aliphatic hydroxyl groups excluding tert-OH is 1. The Morgan fingerprint density at radius 2 is 1.87 bits per heavy atom. The van der Waals surface area contributed by atoms with Gasteiger partial charge >= 0.3 is 5.97 Å². The minimum Gasteiger partial charge on any atom is -0.481 e. The van der Waals surface area contributed by atoms with Crippen molar-refractivity contribution >= 4 is 18.1 Å². The molecule has 0 saturated heterocycles. The van der Waals surface area contributed by atoms with Crippen LogP contribution < -0.4 is 0 Å². The summed E-state index contributed by atoms with van der Waals surface area (Å²) in [6.07, 6.45) is 10.3. The van der Waals surface area contributed by atoms with E-state index in [1.54, 1.807) is 25.5 Å². The molecule has 1 aromatic heterocycles. The van der Waals surface area contributed by atoms with Crippen LogP contribution in [0.3, 0.4) is 0 Å². The summed E-state index contributed by atoms with van der Waals surface area (Å²) in [6, 6.07) is 12.3. The number of carbonyl (C=O) groups is 1. The van der Waals surface area contributed by atoms with Crippen LogP contribution in [0.2, 0.25) is 0 Å². The van der Waals surface area contributed by atoms with E-state index in [9.17, 15) is 15.0 Å². The van der Waals surface area contributed by atoms with Crippen molar-refractivity contribution < 1.29 is 15.0 Å². The summed E-state index contributed by atoms with van der Waals surface area (Å²) in [5.41, 5.74) is 6.29. The number of carboxylic acid groups (broad SMARTS) is 1. The molecular weight excluding hydrogens is 388 g/mol. The number of nitrogens with zero attached hydrogens (tertiary/aromatic N) is 2. The van der Waals surface area contributed by atoms with E-state index in [4.69, 9.17) is 0 Å². The second-order valence-electron chi connectivity index (χ2n) is 8.16. The molecular formula is C26H28N2O3. The molecule has 2 aromatic carbocycles. The van der Waals surface area contributed by atoms with Gasteiger partial charge in [-0.05, 0) is 61.4 Å². The second-order valence-corrected chi connectivity index (χ2v) is 8.16. The normalized spacial score (nSPS) is 13.3. The zero-order valence-corrected chi connectivity index (χ0v) is 18.2. The van der Waals surface area contributed by atoms with Crippen LogP contribution >= 0.6 is 0 Å². The van der Waals surface area contributed by atoms with Gasteiger partial charge in [0.05, 0.1) is 23.9 Å². The zero-order valence-electron chi connectivity index (χ0n) is 18.2. The summed E-state index contributed by atoms with van der Waals surface area (Å²) in [5, 5.41) is 18.8. The third-order valence-corrected chi connectivity index (χ3v) is 5.83. The van der Waals surface area contributed by atoms with Gasteiger partial charge in [-0.3, -0.25) is 14.8 Å². The zero-order chi connectivity index (χ0) is 22.4. The molecule has 5 nitrogen and oxygen atoms in total. The average molecular weight is 417 g/mol. The molecule has 5 heteroatoms. The van der Waals surface area contributed by atoms with E-state index < -0.39 is 11.4 Å². The molecule has 0 radical (unpaired) electrons. The highest BCUT2D eigenvalue weighted by Crippen LogP contribution is 2.27. The Hall–Kier alpha value is -3.31. The van der Waals surface area contributed by atoms with Crippen LogP contribution in [-0.2, 0) is 11.2 Å². The summed E-state index contributed by atoms with van der Waals surface area (Å²) in [6.45, 7) is 5.34. The first-order valence-corrected chi connectivity index (χ1v) is 10.3. The summed E-state index contributed by atoms with van der Waals surface area (Å²) in [7, 11) is 0. The van der Waals surface area contributed by atoms with Crippen molar-refractivity contribution in [3.63, 3.8) is 0 Å². The fraction of sp³-hybridized carbons (Fsp3) is 0.269. The number of aryl methyl sites for hydroxylation is 2. The van der Waals surface area contributed by atoms with Gasteiger partial charge in [-0.15, -0.1) is 0 Å². The van der Waals surface area contributed by atoms with E-state index in [2.05, 4.69) is 54.2 Å².